The molecule has 0 N–H and O–H groups in total. The molecule has 18 heavy (non-hydrogen) atoms. The van der Waals surface area contributed by atoms with Crippen LogP contribution in [0.5, 0.6) is 0 Å². The molecule has 0 radical (unpaired) electrons. The molecule has 0 amide bonds. The third-order valence-electron chi connectivity index (χ3n) is 3.95. The third-order valence-corrected chi connectivity index (χ3v) is 3.95. The van der Waals surface area contributed by atoms with E-state index in [0.29, 0.717) is 18.1 Å². The molecule has 1 heterocycles. The largest absolute Gasteiger partial charge is 0.303 e. The van der Waals surface area contributed by atoms with Crippen LogP contribution in [0.1, 0.15) is 31.7 Å². The SMILES string of the molecule is CCC(=O)C1CCN(CCc2ccccc2)CC1. The van der Waals surface area contributed by atoms with Gasteiger partial charge in [-0.1, -0.05) is 37.3 Å². The van der Waals surface area contributed by atoms with Crippen molar-refractivity contribution in [3.63, 3.8) is 0 Å². The van der Waals surface area contributed by atoms with E-state index < -0.39 is 0 Å². The number of rotatable bonds is 5. The van der Waals surface area contributed by atoms with Crippen molar-refractivity contribution in [1.82, 2.24) is 4.90 Å². The van der Waals surface area contributed by atoms with Crippen LogP contribution in [0.3, 0.4) is 0 Å². The first-order valence-corrected chi connectivity index (χ1v) is 7.08. The van der Waals surface area contributed by atoms with Crippen LogP contribution in [0.15, 0.2) is 30.3 Å². The van der Waals surface area contributed by atoms with E-state index in [0.717, 1.165) is 38.9 Å². The van der Waals surface area contributed by atoms with Crippen molar-refractivity contribution >= 4 is 5.78 Å². The molecule has 1 aromatic rings. The van der Waals surface area contributed by atoms with Gasteiger partial charge in [0.2, 0.25) is 0 Å². The average molecular weight is 245 g/mol. The summed E-state index contributed by atoms with van der Waals surface area (Å²) in [7, 11) is 0. The summed E-state index contributed by atoms with van der Waals surface area (Å²) in [4.78, 5) is 14.1. The lowest BCUT2D eigenvalue weighted by Crippen LogP contribution is -2.37. The lowest BCUT2D eigenvalue weighted by molar-refractivity contribution is -0.123. The predicted molar refractivity (Wildman–Crippen MR) is 74.6 cm³/mol. The minimum atomic E-state index is 0.336. The zero-order valence-corrected chi connectivity index (χ0v) is 11.3. The van der Waals surface area contributed by atoms with Gasteiger partial charge in [-0.3, -0.25) is 4.79 Å². The van der Waals surface area contributed by atoms with Crippen LogP contribution in [0.4, 0.5) is 0 Å². The Morgan fingerprint density at radius 1 is 1.22 bits per heavy atom. The summed E-state index contributed by atoms with van der Waals surface area (Å²) in [6.07, 6.45) is 3.94. The van der Waals surface area contributed by atoms with Crippen LogP contribution in [-0.4, -0.2) is 30.3 Å². The van der Waals surface area contributed by atoms with Crippen molar-refractivity contribution in [3.8, 4) is 0 Å². The van der Waals surface area contributed by atoms with Crippen LogP contribution in [0.25, 0.3) is 0 Å². The first-order valence-electron chi connectivity index (χ1n) is 7.08. The Hall–Kier alpha value is -1.15. The van der Waals surface area contributed by atoms with Gasteiger partial charge in [0.25, 0.3) is 0 Å². The topological polar surface area (TPSA) is 20.3 Å². The minimum absolute atomic E-state index is 0.336. The monoisotopic (exact) mass is 245 g/mol. The number of hydrogen-bond acceptors (Lipinski definition) is 2. The minimum Gasteiger partial charge on any atom is -0.303 e. The lowest BCUT2D eigenvalue weighted by Gasteiger charge is -2.31. The van der Waals surface area contributed by atoms with Gasteiger partial charge >= 0.3 is 0 Å². The van der Waals surface area contributed by atoms with Crippen LogP contribution in [-0.2, 0) is 11.2 Å². The van der Waals surface area contributed by atoms with Crippen molar-refractivity contribution in [2.75, 3.05) is 19.6 Å². The number of carbonyl (C=O) groups excluding carboxylic acids is 1. The molecule has 0 unspecified atom stereocenters. The Bertz CT molecular complexity index is 366. The maximum Gasteiger partial charge on any atom is 0.135 e. The molecule has 1 aliphatic heterocycles. The van der Waals surface area contributed by atoms with Crippen molar-refractivity contribution < 1.29 is 4.79 Å². The Morgan fingerprint density at radius 2 is 1.89 bits per heavy atom. The molecule has 98 valence electrons. The lowest BCUT2D eigenvalue weighted by atomic mass is 9.91. The van der Waals surface area contributed by atoms with Gasteiger partial charge in [-0.05, 0) is 37.9 Å². The van der Waals surface area contributed by atoms with Crippen LogP contribution < -0.4 is 0 Å². The Balaban J connectivity index is 1.72. The Morgan fingerprint density at radius 3 is 2.50 bits per heavy atom. The van der Waals surface area contributed by atoms with Gasteiger partial charge in [-0.2, -0.15) is 0 Å². The summed E-state index contributed by atoms with van der Waals surface area (Å²) in [5.74, 6) is 0.792. The van der Waals surface area contributed by atoms with Gasteiger partial charge in [0.05, 0.1) is 0 Å². The summed E-state index contributed by atoms with van der Waals surface area (Å²) in [6, 6.07) is 10.6. The zero-order chi connectivity index (χ0) is 12.8. The number of ketones is 1. The second-order valence-electron chi connectivity index (χ2n) is 5.17. The van der Waals surface area contributed by atoms with E-state index in [1.165, 1.54) is 5.56 Å². The highest BCUT2D eigenvalue weighted by Crippen LogP contribution is 2.19. The maximum atomic E-state index is 11.6. The van der Waals surface area contributed by atoms with Crippen molar-refractivity contribution in [1.29, 1.82) is 0 Å². The summed E-state index contributed by atoms with van der Waals surface area (Å²) < 4.78 is 0. The Kier molecular flexibility index (Phi) is 4.94. The first-order chi connectivity index (χ1) is 8.79. The van der Waals surface area contributed by atoms with E-state index >= 15 is 0 Å². The van der Waals surface area contributed by atoms with Crippen molar-refractivity contribution in [2.45, 2.75) is 32.6 Å². The second-order valence-corrected chi connectivity index (χ2v) is 5.17. The fourth-order valence-electron chi connectivity index (χ4n) is 2.70. The van der Waals surface area contributed by atoms with Gasteiger partial charge in [0.1, 0.15) is 5.78 Å². The quantitative estimate of drug-likeness (QED) is 0.795. The smallest absolute Gasteiger partial charge is 0.135 e. The molecule has 0 saturated carbocycles. The summed E-state index contributed by atoms with van der Waals surface area (Å²) >= 11 is 0. The molecule has 1 fully saturated rings. The molecule has 2 heteroatoms. The molecule has 0 atom stereocenters. The van der Waals surface area contributed by atoms with E-state index in [1.807, 2.05) is 6.92 Å². The highest BCUT2D eigenvalue weighted by molar-refractivity contribution is 5.80. The van der Waals surface area contributed by atoms with E-state index in [4.69, 9.17) is 0 Å². The number of hydrogen-bond donors (Lipinski definition) is 0. The average Bonchev–Trinajstić information content (AvgIpc) is 2.46. The van der Waals surface area contributed by atoms with Gasteiger partial charge in [-0.25, -0.2) is 0 Å². The normalized spacial score (nSPS) is 17.8. The number of carbonyl (C=O) groups is 1. The molecule has 0 aromatic heterocycles. The fraction of sp³-hybridized carbons (Fsp3) is 0.562. The second kappa shape index (κ2) is 6.69. The fourth-order valence-corrected chi connectivity index (χ4v) is 2.70. The Labute approximate surface area is 110 Å². The molecule has 0 bridgehead atoms. The first kappa shape index (κ1) is 13.3. The number of benzene rings is 1. The zero-order valence-electron chi connectivity index (χ0n) is 11.3. The number of piperidine rings is 1. The maximum absolute atomic E-state index is 11.6. The van der Waals surface area contributed by atoms with E-state index in [-0.39, 0.29) is 0 Å². The standard InChI is InChI=1S/C16H23NO/c1-2-16(18)15-9-12-17(13-10-15)11-8-14-6-4-3-5-7-14/h3-7,15H,2,8-13H2,1H3. The summed E-state index contributed by atoms with van der Waals surface area (Å²) in [5, 5.41) is 0. The molecule has 0 spiro atoms. The molecule has 1 aliphatic rings. The van der Waals surface area contributed by atoms with Crippen LogP contribution >= 0.6 is 0 Å². The summed E-state index contributed by atoms with van der Waals surface area (Å²) in [6.45, 7) is 5.27. The molecule has 1 aromatic carbocycles. The van der Waals surface area contributed by atoms with E-state index in [1.54, 1.807) is 0 Å². The van der Waals surface area contributed by atoms with Gasteiger partial charge in [0.15, 0.2) is 0 Å². The van der Waals surface area contributed by atoms with Gasteiger partial charge in [-0.15, -0.1) is 0 Å². The molecular weight excluding hydrogens is 222 g/mol. The molecular formula is C16H23NO. The number of likely N-dealkylation sites (tertiary alicyclic amines) is 1. The van der Waals surface area contributed by atoms with Gasteiger partial charge in [0, 0.05) is 18.9 Å². The number of Topliss-reactive ketones (excluding diaryl/α,β-unsaturated/α-hetero) is 1. The molecule has 1 saturated heterocycles. The molecule has 2 nitrogen and oxygen atoms in total. The number of nitrogens with zero attached hydrogens (tertiary/aromatic N) is 1. The summed E-state index contributed by atoms with van der Waals surface area (Å²) in [5.41, 5.74) is 1.41. The highest BCUT2D eigenvalue weighted by atomic mass is 16.1. The highest BCUT2D eigenvalue weighted by Gasteiger charge is 2.23. The van der Waals surface area contributed by atoms with Crippen LogP contribution in [0, 0.1) is 5.92 Å². The van der Waals surface area contributed by atoms with E-state index in [2.05, 4.69) is 35.2 Å². The van der Waals surface area contributed by atoms with Crippen molar-refractivity contribution in [2.24, 2.45) is 5.92 Å². The molecule has 2 rings (SSSR count). The van der Waals surface area contributed by atoms with Gasteiger partial charge < -0.3 is 4.90 Å². The van der Waals surface area contributed by atoms with E-state index in [9.17, 15) is 4.79 Å². The predicted octanol–water partition coefficient (Wildman–Crippen LogP) is 2.92. The third kappa shape index (κ3) is 3.67. The van der Waals surface area contributed by atoms with Crippen LogP contribution in [0.2, 0.25) is 0 Å². The van der Waals surface area contributed by atoms with Crippen molar-refractivity contribution in [3.05, 3.63) is 35.9 Å². The molecule has 0 aliphatic carbocycles.